The lowest BCUT2D eigenvalue weighted by Gasteiger charge is -2.18. The third-order valence-corrected chi connectivity index (χ3v) is 3.08. The molecule has 0 spiro atoms. The van der Waals surface area contributed by atoms with Crippen molar-refractivity contribution >= 4 is 6.29 Å². The molecule has 0 aliphatic carbocycles. The zero-order chi connectivity index (χ0) is 14.6. The molecule has 0 aromatic carbocycles. The van der Waals surface area contributed by atoms with Gasteiger partial charge in [-0.05, 0) is 18.3 Å². The second kappa shape index (κ2) is 12.8. The van der Waals surface area contributed by atoms with Crippen molar-refractivity contribution in [2.45, 2.75) is 59.2 Å². The van der Waals surface area contributed by atoms with Gasteiger partial charge in [0.15, 0.2) is 6.29 Å². The Morgan fingerprint density at radius 2 is 1.89 bits per heavy atom. The Hall–Kier alpha value is -0.670. The predicted molar refractivity (Wildman–Crippen MR) is 76.6 cm³/mol. The zero-order valence-electron chi connectivity index (χ0n) is 12.4. The molecule has 0 bridgehead atoms. The highest BCUT2D eigenvalue weighted by Crippen LogP contribution is 2.25. The van der Waals surface area contributed by atoms with Gasteiger partial charge < -0.3 is 14.6 Å². The van der Waals surface area contributed by atoms with E-state index in [1.807, 2.05) is 6.92 Å². The first kappa shape index (κ1) is 19.7. The molecular formula is C15H30O3. The maximum Gasteiger partial charge on any atom is 0.151 e. The topological polar surface area (TPSA) is 46.5 Å². The summed E-state index contributed by atoms with van der Waals surface area (Å²) in [5, 5.41) is 9.17. The summed E-state index contributed by atoms with van der Waals surface area (Å²) >= 11 is 0. The number of hydrogen-bond donors (Lipinski definition) is 1. The predicted octanol–water partition coefficient (Wildman–Crippen LogP) is 3.22. The summed E-state index contributed by atoms with van der Waals surface area (Å²) in [7, 11) is 0. The van der Waals surface area contributed by atoms with Crippen LogP contribution in [-0.4, -0.2) is 30.2 Å². The van der Waals surface area contributed by atoms with Crippen LogP contribution in [0.5, 0.6) is 0 Å². The van der Waals surface area contributed by atoms with E-state index in [0.29, 0.717) is 18.8 Å². The van der Waals surface area contributed by atoms with Crippen LogP contribution in [-0.2, 0) is 9.53 Å². The lowest BCUT2D eigenvalue weighted by molar-refractivity contribution is -0.122. The number of rotatable bonds is 4. The molecule has 18 heavy (non-hydrogen) atoms. The van der Waals surface area contributed by atoms with Crippen LogP contribution in [0.3, 0.4) is 0 Å². The molecule has 0 amide bonds. The summed E-state index contributed by atoms with van der Waals surface area (Å²) in [6.45, 7) is 15.4. The number of ether oxygens (including phenoxy) is 1. The Bertz CT molecular complexity index is 192. The van der Waals surface area contributed by atoms with Crippen molar-refractivity contribution in [3.63, 3.8) is 0 Å². The molecule has 1 heterocycles. The molecule has 3 heteroatoms. The fraction of sp³-hybridized carbons (Fsp3) is 0.800. The van der Waals surface area contributed by atoms with Gasteiger partial charge in [-0.1, -0.05) is 40.5 Å². The molecule has 3 atom stereocenters. The third kappa shape index (κ3) is 8.43. The Morgan fingerprint density at radius 3 is 2.22 bits per heavy atom. The van der Waals surface area contributed by atoms with Crippen molar-refractivity contribution < 1.29 is 14.6 Å². The van der Waals surface area contributed by atoms with Gasteiger partial charge in [-0.3, -0.25) is 0 Å². The first-order valence-electron chi connectivity index (χ1n) is 6.81. The first-order chi connectivity index (χ1) is 8.56. The lowest BCUT2D eigenvalue weighted by atomic mass is 9.95. The molecule has 1 fully saturated rings. The molecule has 0 saturated carbocycles. The summed E-state index contributed by atoms with van der Waals surface area (Å²) in [4.78, 5) is 10.2. The number of aldehydes is 1. The minimum Gasteiger partial charge on any atom is -0.383 e. The molecular weight excluding hydrogens is 228 g/mol. The number of carbonyl (C=O) groups excluding carboxylic acids is 1. The number of aliphatic hydroxyl groups excluding tert-OH is 1. The number of carbonyl (C=O) groups is 1. The summed E-state index contributed by atoms with van der Waals surface area (Å²) < 4.78 is 5.23. The fourth-order valence-electron chi connectivity index (χ4n) is 1.55. The van der Waals surface area contributed by atoms with E-state index < -0.39 is 6.10 Å². The maximum absolute atomic E-state index is 10.2. The van der Waals surface area contributed by atoms with Crippen molar-refractivity contribution in [2.75, 3.05) is 6.61 Å². The molecule has 1 aliphatic rings. The van der Waals surface area contributed by atoms with Crippen molar-refractivity contribution in [1.82, 2.24) is 0 Å². The van der Waals surface area contributed by atoms with Crippen LogP contribution in [0.4, 0.5) is 0 Å². The highest BCUT2D eigenvalue weighted by molar-refractivity contribution is 5.56. The molecule has 1 rings (SSSR count). The monoisotopic (exact) mass is 258 g/mol. The Kier molecular flexibility index (Phi) is 14.0. The second-order valence-electron chi connectivity index (χ2n) is 4.72. The van der Waals surface area contributed by atoms with Gasteiger partial charge >= 0.3 is 0 Å². The molecule has 108 valence electrons. The van der Waals surface area contributed by atoms with E-state index in [-0.39, 0.29) is 6.10 Å². The van der Waals surface area contributed by atoms with Crippen molar-refractivity contribution in [1.29, 1.82) is 0 Å². The minimum absolute atomic E-state index is 0.252. The van der Waals surface area contributed by atoms with Crippen molar-refractivity contribution in [2.24, 2.45) is 11.8 Å². The minimum atomic E-state index is -0.928. The van der Waals surface area contributed by atoms with Gasteiger partial charge in [-0.2, -0.15) is 0 Å². The van der Waals surface area contributed by atoms with Gasteiger partial charge in [0.2, 0.25) is 0 Å². The Morgan fingerprint density at radius 1 is 1.39 bits per heavy atom. The first-order valence-corrected chi connectivity index (χ1v) is 6.81. The Labute approximate surface area is 112 Å². The van der Waals surface area contributed by atoms with Gasteiger partial charge in [0.1, 0.15) is 6.10 Å². The van der Waals surface area contributed by atoms with Crippen LogP contribution >= 0.6 is 0 Å². The number of aliphatic hydroxyl groups is 1. The third-order valence-electron chi connectivity index (χ3n) is 3.08. The molecule has 0 aromatic rings. The maximum atomic E-state index is 10.2. The van der Waals surface area contributed by atoms with Crippen LogP contribution in [0.25, 0.3) is 0 Å². The van der Waals surface area contributed by atoms with Gasteiger partial charge in [0, 0.05) is 6.61 Å². The van der Waals surface area contributed by atoms with E-state index in [1.165, 1.54) is 6.42 Å². The summed E-state index contributed by atoms with van der Waals surface area (Å²) in [5.41, 5.74) is 0. The summed E-state index contributed by atoms with van der Waals surface area (Å²) in [6.07, 6.45) is 2.61. The second-order valence-corrected chi connectivity index (χ2v) is 4.72. The summed E-state index contributed by atoms with van der Waals surface area (Å²) in [5.74, 6) is 1.24. The molecule has 1 aliphatic heterocycles. The SMILES string of the molecule is C=C.CCC(C)C.CCC1CCOC1C(O)C=O. The molecule has 1 saturated heterocycles. The average Bonchev–Trinajstić information content (AvgIpc) is 2.89. The van der Waals surface area contributed by atoms with Gasteiger partial charge in [-0.15, -0.1) is 13.2 Å². The average molecular weight is 258 g/mol. The zero-order valence-corrected chi connectivity index (χ0v) is 12.4. The number of hydrogen-bond acceptors (Lipinski definition) is 3. The smallest absolute Gasteiger partial charge is 0.151 e. The molecule has 1 N–H and O–H groups in total. The Balaban J connectivity index is 0. The standard InChI is InChI=1S/C8H14O3.C5H12.C2H4/c1-2-6-3-4-11-8(6)7(10)5-9;1-4-5(2)3;1-2/h5-8,10H,2-4H2,1H3;5H,4H2,1-3H3;1-2H2. The molecule has 3 nitrogen and oxygen atoms in total. The van der Waals surface area contributed by atoms with Crippen LogP contribution in [0.15, 0.2) is 13.2 Å². The van der Waals surface area contributed by atoms with E-state index >= 15 is 0 Å². The molecule has 3 unspecified atom stereocenters. The normalized spacial score (nSPS) is 23.4. The molecule has 0 aromatic heterocycles. The lowest BCUT2D eigenvalue weighted by Crippen LogP contribution is -2.31. The van der Waals surface area contributed by atoms with Gasteiger partial charge in [0.05, 0.1) is 6.10 Å². The van der Waals surface area contributed by atoms with E-state index in [0.717, 1.165) is 18.8 Å². The van der Waals surface area contributed by atoms with E-state index in [4.69, 9.17) is 9.84 Å². The van der Waals surface area contributed by atoms with Crippen molar-refractivity contribution in [3.05, 3.63) is 13.2 Å². The van der Waals surface area contributed by atoms with Crippen LogP contribution in [0.1, 0.15) is 47.0 Å². The molecule has 0 radical (unpaired) electrons. The van der Waals surface area contributed by atoms with E-state index in [2.05, 4.69) is 33.9 Å². The van der Waals surface area contributed by atoms with Gasteiger partial charge in [0.25, 0.3) is 0 Å². The summed E-state index contributed by atoms with van der Waals surface area (Å²) in [6, 6.07) is 0. The van der Waals surface area contributed by atoms with Gasteiger partial charge in [-0.25, -0.2) is 0 Å². The quantitative estimate of drug-likeness (QED) is 0.622. The highest BCUT2D eigenvalue weighted by atomic mass is 16.5. The van der Waals surface area contributed by atoms with Crippen molar-refractivity contribution in [3.8, 4) is 0 Å². The van der Waals surface area contributed by atoms with Crippen LogP contribution in [0.2, 0.25) is 0 Å². The fourth-order valence-corrected chi connectivity index (χ4v) is 1.55. The highest BCUT2D eigenvalue weighted by Gasteiger charge is 2.32. The van der Waals surface area contributed by atoms with E-state index in [1.54, 1.807) is 0 Å². The van der Waals surface area contributed by atoms with Crippen LogP contribution < -0.4 is 0 Å². The van der Waals surface area contributed by atoms with Crippen LogP contribution in [0, 0.1) is 11.8 Å². The largest absolute Gasteiger partial charge is 0.383 e. The van der Waals surface area contributed by atoms with E-state index in [9.17, 15) is 4.79 Å².